The maximum absolute atomic E-state index is 12.0. The normalized spacial score (nSPS) is 19.1. The molecular weight excluding hydrogens is 476 g/mol. The summed E-state index contributed by atoms with van der Waals surface area (Å²) in [6, 6.07) is 14.5. The molecule has 2 aromatic rings. The van der Waals surface area contributed by atoms with E-state index in [0.717, 1.165) is 34.6 Å². The molecular formula is C28H34N2O7. The van der Waals surface area contributed by atoms with E-state index >= 15 is 0 Å². The number of carboxylic acid groups (broad SMARTS) is 1. The topological polar surface area (TPSA) is 109 Å². The molecule has 0 aliphatic carbocycles. The Labute approximate surface area is 216 Å². The Balaban J connectivity index is 1.34. The molecule has 2 amide bonds. The van der Waals surface area contributed by atoms with Crippen molar-refractivity contribution in [3.8, 4) is 11.5 Å². The smallest absolute Gasteiger partial charge is 0.408 e. The maximum atomic E-state index is 12.0. The van der Waals surface area contributed by atoms with Gasteiger partial charge in [0, 0.05) is 32.0 Å². The highest BCUT2D eigenvalue weighted by Gasteiger charge is 2.44. The van der Waals surface area contributed by atoms with E-state index in [2.05, 4.69) is 0 Å². The van der Waals surface area contributed by atoms with Crippen LogP contribution in [0.5, 0.6) is 11.5 Å². The first kappa shape index (κ1) is 26.5. The number of carbonyl (C=O) groups is 2. The molecule has 37 heavy (non-hydrogen) atoms. The molecule has 2 aliphatic rings. The number of amides is 2. The van der Waals surface area contributed by atoms with Crippen molar-refractivity contribution in [2.75, 3.05) is 40.0 Å². The van der Waals surface area contributed by atoms with Gasteiger partial charge in [-0.05, 0) is 41.3 Å². The number of fused-ring (bicyclic) bond motifs is 2. The molecule has 2 aliphatic heterocycles. The number of aliphatic hydroxyl groups excluding tert-OH is 1. The zero-order valence-electron chi connectivity index (χ0n) is 21.3. The van der Waals surface area contributed by atoms with Crippen LogP contribution in [0.1, 0.15) is 30.9 Å². The fraction of sp³-hybridized carbons (Fsp3) is 0.429. The van der Waals surface area contributed by atoms with E-state index in [1.165, 1.54) is 11.8 Å². The van der Waals surface area contributed by atoms with E-state index in [0.29, 0.717) is 38.4 Å². The molecule has 198 valence electrons. The molecule has 0 unspecified atom stereocenters. The van der Waals surface area contributed by atoms with Crippen molar-refractivity contribution in [1.29, 1.82) is 0 Å². The molecule has 9 nitrogen and oxygen atoms in total. The lowest BCUT2D eigenvalue weighted by atomic mass is 9.82. The largest absolute Gasteiger partial charge is 0.496 e. The maximum Gasteiger partial charge on any atom is 0.408 e. The highest BCUT2D eigenvalue weighted by molar-refractivity contribution is 5.79. The second kappa shape index (κ2) is 12.1. The van der Waals surface area contributed by atoms with Gasteiger partial charge in [0.1, 0.15) is 11.5 Å². The molecule has 2 atom stereocenters. The van der Waals surface area contributed by atoms with Gasteiger partial charge >= 0.3 is 6.09 Å². The number of methoxy groups -OCH3 is 1. The van der Waals surface area contributed by atoms with Crippen molar-refractivity contribution in [3.05, 3.63) is 65.2 Å². The summed E-state index contributed by atoms with van der Waals surface area (Å²) in [6.45, 7) is 3.36. The third-order valence-electron chi connectivity index (χ3n) is 6.97. The minimum absolute atomic E-state index is 0.0903. The van der Waals surface area contributed by atoms with E-state index < -0.39 is 12.1 Å². The Kier molecular flexibility index (Phi) is 8.68. The molecule has 0 aromatic heterocycles. The molecule has 0 spiro atoms. The summed E-state index contributed by atoms with van der Waals surface area (Å²) in [4.78, 5) is 27.0. The molecule has 2 N–H and O–H groups in total. The van der Waals surface area contributed by atoms with Gasteiger partial charge in [0.2, 0.25) is 5.91 Å². The summed E-state index contributed by atoms with van der Waals surface area (Å²) in [7, 11) is 1.64. The average Bonchev–Trinajstić information content (AvgIpc) is 2.90. The first-order chi connectivity index (χ1) is 17.9. The van der Waals surface area contributed by atoms with Crippen molar-refractivity contribution in [2.45, 2.75) is 38.5 Å². The Morgan fingerprint density at radius 2 is 1.81 bits per heavy atom. The standard InChI is InChI=1S/C28H34N2O7/c1-19(32)29-15-22-14-24(25(17-31)26(16-29)30(22)28(33)34)20-8-10-23(11-9-20)37-13-5-12-36-18-21-6-3-4-7-27(21)35-2/h3-4,6-11,22,26,31H,5,12-18H2,1-2H3,(H,33,34)/t22-,26-/m1/s1. The molecule has 1 fully saturated rings. The van der Waals surface area contributed by atoms with Gasteiger partial charge in [0.15, 0.2) is 0 Å². The van der Waals surface area contributed by atoms with Crippen LogP contribution in [0.3, 0.4) is 0 Å². The summed E-state index contributed by atoms with van der Waals surface area (Å²) in [5, 5.41) is 20.0. The van der Waals surface area contributed by atoms with Crippen LogP contribution in [0.2, 0.25) is 0 Å². The molecule has 2 heterocycles. The predicted octanol–water partition coefficient (Wildman–Crippen LogP) is 3.41. The van der Waals surface area contributed by atoms with Crippen LogP contribution >= 0.6 is 0 Å². The third kappa shape index (κ3) is 6.06. The summed E-state index contributed by atoms with van der Waals surface area (Å²) in [6.07, 6.45) is 0.142. The Hall–Kier alpha value is -3.56. The van der Waals surface area contributed by atoms with Crippen molar-refractivity contribution < 1.29 is 34.0 Å². The second-order valence-electron chi connectivity index (χ2n) is 9.24. The van der Waals surface area contributed by atoms with Gasteiger partial charge in [0.05, 0.1) is 45.6 Å². The lowest BCUT2D eigenvalue weighted by Gasteiger charge is -2.49. The first-order valence-corrected chi connectivity index (χ1v) is 12.4. The van der Waals surface area contributed by atoms with Gasteiger partial charge < -0.3 is 29.3 Å². The SMILES string of the molecule is COc1ccccc1COCCCOc1ccc(C2=C(CO)[C@H]3CN(C(C)=O)C[C@@H](C2)N3C(=O)O)cc1. The highest BCUT2D eigenvalue weighted by atomic mass is 16.5. The van der Waals surface area contributed by atoms with E-state index in [1.54, 1.807) is 12.0 Å². The molecule has 1 saturated heterocycles. The fourth-order valence-corrected chi connectivity index (χ4v) is 5.14. The van der Waals surface area contributed by atoms with Crippen LogP contribution < -0.4 is 9.47 Å². The molecule has 4 rings (SSSR count). The number of carbonyl (C=O) groups excluding carboxylic acids is 1. The van der Waals surface area contributed by atoms with Crippen LogP contribution in [0.15, 0.2) is 54.1 Å². The highest BCUT2D eigenvalue weighted by Crippen LogP contribution is 2.38. The van der Waals surface area contributed by atoms with E-state index in [-0.39, 0.29) is 25.1 Å². The van der Waals surface area contributed by atoms with Crippen molar-refractivity contribution in [3.63, 3.8) is 0 Å². The second-order valence-corrected chi connectivity index (χ2v) is 9.24. The van der Waals surface area contributed by atoms with Crippen LogP contribution in [0.25, 0.3) is 5.57 Å². The lowest BCUT2D eigenvalue weighted by Crippen LogP contribution is -2.63. The number of hydrogen-bond acceptors (Lipinski definition) is 6. The molecule has 2 aromatic carbocycles. The molecule has 0 saturated carbocycles. The predicted molar refractivity (Wildman–Crippen MR) is 138 cm³/mol. The quantitative estimate of drug-likeness (QED) is 0.472. The average molecular weight is 511 g/mol. The zero-order chi connectivity index (χ0) is 26.4. The summed E-state index contributed by atoms with van der Waals surface area (Å²) in [5.41, 5.74) is 3.51. The minimum atomic E-state index is -1.03. The molecule has 9 heteroatoms. The first-order valence-electron chi connectivity index (χ1n) is 12.4. The number of rotatable bonds is 10. The van der Waals surface area contributed by atoms with E-state index in [9.17, 15) is 19.8 Å². The fourth-order valence-electron chi connectivity index (χ4n) is 5.14. The van der Waals surface area contributed by atoms with Crippen LogP contribution in [-0.2, 0) is 16.1 Å². The van der Waals surface area contributed by atoms with Gasteiger partial charge in [-0.3, -0.25) is 9.69 Å². The number of ether oxygens (including phenoxy) is 3. The molecule has 0 radical (unpaired) electrons. The van der Waals surface area contributed by atoms with Crippen LogP contribution in [0, 0.1) is 0 Å². The van der Waals surface area contributed by atoms with Gasteiger partial charge in [-0.2, -0.15) is 0 Å². The Bertz CT molecular complexity index is 1130. The monoisotopic (exact) mass is 510 g/mol. The number of piperazine rings is 1. The third-order valence-corrected chi connectivity index (χ3v) is 6.97. The number of benzene rings is 2. The van der Waals surface area contributed by atoms with Crippen LogP contribution in [-0.4, -0.2) is 84.1 Å². The van der Waals surface area contributed by atoms with Crippen molar-refractivity contribution in [2.24, 2.45) is 0 Å². The van der Waals surface area contributed by atoms with Crippen molar-refractivity contribution in [1.82, 2.24) is 9.80 Å². The van der Waals surface area contributed by atoms with E-state index in [4.69, 9.17) is 14.2 Å². The van der Waals surface area contributed by atoms with Crippen LogP contribution in [0.4, 0.5) is 4.79 Å². The van der Waals surface area contributed by atoms with Gasteiger partial charge in [0.25, 0.3) is 0 Å². The summed E-state index contributed by atoms with van der Waals surface area (Å²) in [5.74, 6) is 1.45. The zero-order valence-corrected chi connectivity index (χ0v) is 21.3. The van der Waals surface area contributed by atoms with Gasteiger partial charge in [-0.1, -0.05) is 30.3 Å². The summed E-state index contributed by atoms with van der Waals surface area (Å²) < 4.78 is 16.9. The van der Waals surface area contributed by atoms with Gasteiger partial charge in [-0.15, -0.1) is 0 Å². The Morgan fingerprint density at radius 1 is 1.05 bits per heavy atom. The van der Waals surface area contributed by atoms with Gasteiger partial charge in [-0.25, -0.2) is 4.79 Å². The van der Waals surface area contributed by atoms with Crippen molar-refractivity contribution >= 4 is 17.6 Å². The number of aliphatic hydroxyl groups is 1. The Morgan fingerprint density at radius 3 is 2.49 bits per heavy atom. The molecule has 2 bridgehead atoms. The number of hydrogen-bond donors (Lipinski definition) is 2. The summed E-state index contributed by atoms with van der Waals surface area (Å²) >= 11 is 0. The van der Waals surface area contributed by atoms with E-state index in [1.807, 2.05) is 48.5 Å². The number of nitrogens with zero attached hydrogens (tertiary/aromatic N) is 2. The number of para-hydroxylation sites is 1. The minimum Gasteiger partial charge on any atom is -0.496 e. The lowest BCUT2D eigenvalue weighted by molar-refractivity contribution is -0.132.